The number of carboxylic acids is 1. The lowest BCUT2D eigenvalue weighted by molar-refractivity contribution is 0.0698. The minimum Gasteiger partial charge on any atom is -0.478 e. The maximum Gasteiger partial charge on any atom is 0.337 e. The van der Waals surface area contributed by atoms with Gasteiger partial charge >= 0.3 is 12.0 Å². The fourth-order valence-corrected chi connectivity index (χ4v) is 3.19. The summed E-state index contributed by atoms with van der Waals surface area (Å²) in [5, 5.41) is 11.9. The van der Waals surface area contributed by atoms with Crippen molar-refractivity contribution in [2.45, 2.75) is 20.3 Å². The van der Waals surface area contributed by atoms with Crippen LogP contribution in [0.15, 0.2) is 22.7 Å². The van der Waals surface area contributed by atoms with E-state index < -0.39 is 5.97 Å². The van der Waals surface area contributed by atoms with E-state index in [0.29, 0.717) is 30.6 Å². The summed E-state index contributed by atoms with van der Waals surface area (Å²) in [5.74, 6) is -0.139. The summed E-state index contributed by atoms with van der Waals surface area (Å²) in [6, 6.07) is 4.49. The first kappa shape index (κ1) is 15.8. The highest BCUT2D eigenvalue weighted by Gasteiger charge is 2.26. The number of rotatable bonds is 2. The van der Waals surface area contributed by atoms with Crippen molar-refractivity contribution in [3.8, 4) is 0 Å². The highest BCUT2D eigenvalue weighted by atomic mass is 79.9. The van der Waals surface area contributed by atoms with Crippen molar-refractivity contribution in [1.29, 1.82) is 0 Å². The van der Waals surface area contributed by atoms with Crippen LogP contribution < -0.4 is 5.32 Å². The maximum atomic E-state index is 12.4. The van der Waals surface area contributed by atoms with Crippen LogP contribution in [0.25, 0.3) is 0 Å². The molecule has 0 bridgehead atoms. The lowest BCUT2D eigenvalue weighted by Gasteiger charge is -2.35. The number of amides is 2. The Hall–Kier alpha value is -1.56. The number of carbonyl (C=O) groups excluding carboxylic acids is 1. The summed E-state index contributed by atoms with van der Waals surface area (Å²) in [4.78, 5) is 25.3. The van der Waals surface area contributed by atoms with Gasteiger partial charge in [-0.05, 0) is 36.5 Å². The lowest BCUT2D eigenvalue weighted by Crippen LogP contribution is -2.44. The predicted octanol–water partition coefficient (Wildman–Crippen LogP) is 3.66. The molecule has 2 amide bonds. The quantitative estimate of drug-likeness (QED) is 0.851. The van der Waals surface area contributed by atoms with Gasteiger partial charge in [0, 0.05) is 17.6 Å². The van der Waals surface area contributed by atoms with Crippen molar-refractivity contribution >= 4 is 33.6 Å². The summed E-state index contributed by atoms with van der Waals surface area (Å²) >= 11 is 3.29. The van der Waals surface area contributed by atoms with E-state index in [4.69, 9.17) is 0 Å². The van der Waals surface area contributed by atoms with E-state index in [9.17, 15) is 14.7 Å². The third-order valence-electron chi connectivity index (χ3n) is 3.61. The Labute approximate surface area is 132 Å². The van der Waals surface area contributed by atoms with Crippen LogP contribution in [0, 0.1) is 11.8 Å². The first-order chi connectivity index (χ1) is 9.86. The molecule has 6 heteroatoms. The number of anilines is 1. The van der Waals surface area contributed by atoms with Crippen LogP contribution in [0.2, 0.25) is 0 Å². The van der Waals surface area contributed by atoms with Crippen molar-refractivity contribution in [1.82, 2.24) is 4.90 Å². The van der Waals surface area contributed by atoms with E-state index in [1.807, 2.05) is 0 Å². The third-order valence-corrected chi connectivity index (χ3v) is 4.10. The molecule has 0 saturated carbocycles. The van der Waals surface area contributed by atoms with Crippen molar-refractivity contribution in [2.75, 3.05) is 18.4 Å². The van der Waals surface area contributed by atoms with Crippen molar-refractivity contribution in [3.63, 3.8) is 0 Å². The fraction of sp³-hybridized carbons (Fsp3) is 0.467. The molecule has 1 saturated heterocycles. The molecule has 0 spiro atoms. The minimum atomic E-state index is -1.06. The van der Waals surface area contributed by atoms with E-state index in [0.717, 1.165) is 10.9 Å². The molecule has 5 nitrogen and oxygen atoms in total. The number of aromatic carboxylic acids is 1. The summed E-state index contributed by atoms with van der Waals surface area (Å²) in [6.45, 7) is 5.65. The lowest BCUT2D eigenvalue weighted by atomic mass is 9.92. The summed E-state index contributed by atoms with van der Waals surface area (Å²) in [6.07, 6.45) is 1.11. The Bertz CT molecular complexity index is 552. The van der Waals surface area contributed by atoms with Gasteiger partial charge < -0.3 is 15.3 Å². The van der Waals surface area contributed by atoms with Crippen molar-refractivity contribution in [2.24, 2.45) is 11.8 Å². The number of nitrogens with one attached hydrogen (secondary N) is 1. The zero-order valence-corrected chi connectivity index (χ0v) is 13.7. The Morgan fingerprint density at radius 1 is 1.29 bits per heavy atom. The Balaban J connectivity index is 2.16. The van der Waals surface area contributed by atoms with Crippen LogP contribution in [0.5, 0.6) is 0 Å². The van der Waals surface area contributed by atoms with Gasteiger partial charge in [-0.3, -0.25) is 0 Å². The molecule has 1 aromatic carbocycles. The first-order valence-electron chi connectivity index (χ1n) is 6.95. The van der Waals surface area contributed by atoms with Gasteiger partial charge in [0.25, 0.3) is 0 Å². The number of halogens is 1. The van der Waals surface area contributed by atoms with Crippen molar-refractivity contribution in [3.05, 3.63) is 28.2 Å². The normalized spacial score (nSPS) is 22.0. The van der Waals surface area contributed by atoms with Crippen molar-refractivity contribution < 1.29 is 14.7 Å². The molecule has 1 aromatic rings. The maximum absolute atomic E-state index is 12.4. The highest BCUT2D eigenvalue weighted by Crippen LogP contribution is 2.24. The smallest absolute Gasteiger partial charge is 0.337 e. The van der Waals surface area contributed by atoms with E-state index in [1.165, 1.54) is 6.07 Å². The van der Waals surface area contributed by atoms with Crippen LogP contribution in [0.1, 0.15) is 30.6 Å². The van der Waals surface area contributed by atoms with Crippen LogP contribution in [-0.2, 0) is 0 Å². The van der Waals surface area contributed by atoms with Gasteiger partial charge in [-0.1, -0.05) is 29.8 Å². The SMILES string of the molecule is CC1CC(C)CN(C(=O)Nc2cc(Br)ccc2C(=O)O)C1. The van der Waals surface area contributed by atoms with Gasteiger partial charge in [0.15, 0.2) is 0 Å². The number of carboxylic acid groups (broad SMARTS) is 1. The van der Waals surface area contributed by atoms with Crippen LogP contribution in [0.4, 0.5) is 10.5 Å². The Kier molecular flexibility index (Phi) is 4.88. The number of carbonyl (C=O) groups is 2. The van der Waals surface area contributed by atoms with E-state index in [-0.39, 0.29) is 11.6 Å². The van der Waals surface area contributed by atoms with E-state index >= 15 is 0 Å². The summed E-state index contributed by atoms with van der Waals surface area (Å²) in [7, 11) is 0. The van der Waals surface area contributed by atoms with Gasteiger partial charge in [0.1, 0.15) is 0 Å². The molecule has 2 N–H and O–H groups in total. The topological polar surface area (TPSA) is 69.6 Å². The van der Waals surface area contributed by atoms with E-state index in [2.05, 4.69) is 35.1 Å². The number of nitrogens with zero attached hydrogens (tertiary/aromatic N) is 1. The molecule has 1 aliphatic rings. The molecule has 0 radical (unpaired) electrons. The highest BCUT2D eigenvalue weighted by molar-refractivity contribution is 9.10. The average Bonchev–Trinajstić information content (AvgIpc) is 2.37. The van der Waals surface area contributed by atoms with Gasteiger partial charge in [-0.15, -0.1) is 0 Å². The summed E-state index contributed by atoms with van der Waals surface area (Å²) in [5.41, 5.74) is 0.400. The number of likely N-dealkylation sites (tertiary alicyclic amines) is 1. The largest absolute Gasteiger partial charge is 0.478 e. The first-order valence-corrected chi connectivity index (χ1v) is 7.75. The minimum absolute atomic E-state index is 0.0876. The number of piperidine rings is 1. The second kappa shape index (κ2) is 6.47. The van der Waals surface area contributed by atoms with Gasteiger partial charge in [-0.25, -0.2) is 9.59 Å². The number of hydrogen-bond acceptors (Lipinski definition) is 2. The van der Waals surface area contributed by atoms with Crippen LogP contribution in [0.3, 0.4) is 0 Å². The second-order valence-electron chi connectivity index (χ2n) is 5.78. The number of urea groups is 1. The molecule has 1 fully saturated rings. The molecule has 114 valence electrons. The molecule has 2 atom stereocenters. The average molecular weight is 355 g/mol. The standard InChI is InChI=1S/C15H19BrN2O3/c1-9-5-10(2)8-18(7-9)15(21)17-13-6-11(16)3-4-12(13)14(19)20/h3-4,6,9-10H,5,7-8H2,1-2H3,(H,17,21)(H,19,20). The summed E-state index contributed by atoms with van der Waals surface area (Å²) < 4.78 is 0.725. The van der Waals surface area contributed by atoms with Gasteiger partial charge in [0.05, 0.1) is 11.3 Å². The van der Waals surface area contributed by atoms with Crippen LogP contribution in [-0.4, -0.2) is 35.1 Å². The molecule has 0 aromatic heterocycles. The zero-order chi connectivity index (χ0) is 15.6. The molecule has 2 rings (SSSR count). The molecular formula is C15H19BrN2O3. The predicted molar refractivity (Wildman–Crippen MR) is 84.6 cm³/mol. The number of benzene rings is 1. The fourth-order valence-electron chi connectivity index (χ4n) is 2.83. The van der Waals surface area contributed by atoms with Gasteiger partial charge in [0.2, 0.25) is 0 Å². The monoisotopic (exact) mass is 354 g/mol. The molecular weight excluding hydrogens is 336 g/mol. The van der Waals surface area contributed by atoms with E-state index in [1.54, 1.807) is 17.0 Å². The van der Waals surface area contributed by atoms with Gasteiger partial charge in [-0.2, -0.15) is 0 Å². The third kappa shape index (κ3) is 3.97. The molecule has 0 aliphatic carbocycles. The van der Waals surface area contributed by atoms with Crippen LogP contribution >= 0.6 is 15.9 Å². The zero-order valence-electron chi connectivity index (χ0n) is 12.1. The second-order valence-corrected chi connectivity index (χ2v) is 6.69. The molecule has 1 heterocycles. The Morgan fingerprint density at radius 3 is 2.48 bits per heavy atom. The molecule has 2 unspecified atom stereocenters. The Morgan fingerprint density at radius 2 is 1.90 bits per heavy atom. The number of hydrogen-bond donors (Lipinski definition) is 2. The molecule has 21 heavy (non-hydrogen) atoms. The molecule has 1 aliphatic heterocycles.